The van der Waals surface area contributed by atoms with E-state index >= 15 is 0 Å². The number of rotatable bonds is 6. The number of hydrogen-bond donors (Lipinski definition) is 0. The quantitative estimate of drug-likeness (QED) is 0.172. The van der Waals surface area contributed by atoms with E-state index in [1.54, 1.807) is 30.3 Å². The van der Waals surface area contributed by atoms with Crippen molar-refractivity contribution in [3.63, 3.8) is 0 Å². The van der Waals surface area contributed by atoms with Crippen molar-refractivity contribution < 1.29 is 0 Å². The summed E-state index contributed by atoms with van der Waals surface area (Å²) in [6.07, 6.45) is 8.53. The molecule has 0 amide bonds. The van der Waals surface area contributed by atoms with E-state index in [4.69, 9.17) is 4.98 Å². The first-order valence-electron chi connectivity index (χ1n) is 16.9. The lowest BCUT2D eigenvalue weighted by molar-refractivity contribution is 1.22. The average molecular weight is 686 g/mol. The van der Waals surface area contributed by atoms with Gasteiger partial charge in [-0.25, -0.2) is 29.9 Å². The molecule has 0 aliphatic rings. The highest BCUT2D eigenvalue weighted by molar-refractivity contribution is 7.25. The van der Waals surface area contributed by atoms with Crippen LogP contribution in [0.3, 0.4) is 0 Å². The van der Waals surface area contributed by atoms with Gasteiger partial charge in [-0.2, -0.15) is 0 Å². The molecule has 10 rings (SSSR count). The van der Waals surface area contributed by atoms with Gasteiger partial charge in [0.1, 0.15) is 23.8 Å². The van der Waals surface area contributed by atoms with Crippen LogP contribution in [0.4, 0.5) is 17.1 Å². The third-order valence-electron chi connectivity index (χ3n) is 9.51. The highest BCUT2D eigenvalue weighted by Gasteiger charge is 2.17. The molecule has 0 unspecified atom stereocenters. The van der Waals surface area contributed by atoms with E-state index in [1.807, 2.05) is 12.4 Å². The van der Waals surface area contributed by atoms with E-state index in [0.717, 1.165) is 82.6 Å². The van der Waals surface area contributed by atoms with Crippen molar-refractivity contribution in [3.8, 4) is 33.5 Å². The van der Waals surface area contributed by atoms with Gasteiger partial charge in [0, 0.05) is 61.3 Å². The Hall–Kier alpha value is -6.90. The first-order valence-corrected chi connectivity index (χ1v) is 17.7. The minimum atomic E-state index is 0.925. The number of hydrogen-bond acceptors (Lipinski definition) is 8. The predicted octanol–water partition coefficient (Wildman–Crippen LogP) is 11.2. The fraction of sp³-hybridized carbons (Fsp3) is 0. The molecule has 0 aliphatic carbocycles. The molecule has 0 N–H and O–H groups in total. The van der Waals surface area contributed by atoms with Gasteiger partial charge in [-0.15, -0.1) is 11.3 Å². The average Bonchev–Trinajstić information content (AvgIpc) is 3.61. The normalized spacial score (nSPS) is 11.5. The second-order valence-corrected chi connectivity index (χ2v) is 13.6. The van der Waals surface area contributed by atoms with Gasteiger partial charge in [0.05, 0.1) is 16.7 Å². The Morgan fingerprint density at radius 1 is 0.442 bits per heavy atom. The van der Waals surface area contributed by atoms with Gasteiger partial charge in [0.15, 0.2) is 0 Å². The van der Waals surface area contributed by atoms with Crippen molar-refractivity contribution in [1.29, 1.82) is 0 Å². The van der Waals surface area contributed by atoms with Gasteiger partial charge < -0.3 is 4.90 Å². The van der Waals surface area contributed by atoms with Crippen LogP contribution >= 0.6 is 11.3 Å². The molecule has 0 saturated carbocycles. The smallest absolute Gasteiger partial charge is 0.128 e. The van der Waals surface area contributed by atoms with Crippen molar-refractivity contribution in [2.75, 3.05) is 4.90 Å². The zero-order valence-corrected chi connectivity index (χ0v) is 28.4. The van der Waals surface area contributed by atoms with E-state index in [-0.39, 0.29) is 0 Å². The topological polar surface area (TPSA) is 80.6 Å². The molecular weight excluding hydrogens is 659 g/mol. The summed E-state index contributed by atoms with van der Waals surface area (Å²) in [6, 6.07) is 47.1. The molecule has 0 saturated heterocycles. The van der Waals surface area contributed by atoms with E-state index in [9.17, 15) is 0 Å². The van der Waals surface area contributed by atoms with Crippen LogP contribution in [0.25, 0.3) is 75.6 Å². The summed E-state index contributed by atoms with van der Waals surface area (Å²) in [4.78, 5) is 29.9. The number of thiophene rings is 1. The molecule has 0 spiro atoms. The van der Waals surface area contributed by atoms with Crippen LogP contribution in [-0.4, -0.2) is 29.9 Å². The molecule has 0 radical (unpaired) electrons. The highest BCUT2D eigenvalue weighted by atomic mass is 32.1. The molecule has 4 aromatic heterocycles. The Kier molecular flexibility index (Phi) is 7.18. The maximum Gasteiger partial charge on any atom is 0.128 e. The summed E-state index contributed by atoms with van der Waals surface area (Å²) < 4.78 is 1.21. The van der Waals surface area contributed by atoms with Crippen LogP contribution in [0.2, 0.25) is 0 Å². The molecule has 0 atom stereocenters. The summed E-state index contributed by atoms with van der Waals surface area (Å²) in [5, 5.41) is 4.32. The molecule has 0 fully saturated rings. The Morgan fingerprint density at radius 2 is 0.962 bits per heavy atom. The molecule has 10 aromatic rings. The zero-order valence-electron chi connectivity index (χ0n) is 27.6. The van der Waals surface area contributed by atoms with Crippen molar-refractivity contribution >= 4 is 70.5 Å². The van der Waals surface area contributed by atoms with Crippen LogP contribution < -0.4 is 4.90 Å². The lowest BCUT2D eigenvalue weighted by Crippen LogP contribution is -2.09. The third kappa shape index (κ3) is 5.30. The first-order chi connectivity index (χ1) is 25.7. The number of fused-ring (bicyclic) bond motifs is 5. The lowest BCUT2D eigenvalue weighted by atomic mass is 10.0. The Morgan fingerprint density at radius 3 is 1.54 bits per heavy atom. The predicted molar refractivity (Wildman–Crippen MR) is 212 cm³/mol. The standard InChI is InChI=1S/C44H27N7S/c1-2-4-41-38(3-1)42-43(49-27-50-44(42)52-41)30-13-19-37(20-14-30)51(35-15-9-28(10-16-35)31-5-7-33-23-45-25-47-39(33)21-31)36-17-11-29(12-18-36)32-6-8-34-24-46-26-48-40(34)22-32/h1-27H. The third-order valence-corrected chi connectivity index (χ3v) is 10.6. The van der Waals surface area contributed by atoms with E-state index < -0.39 is 0 Å². The molecule has 4 heterocycles. The molecule has 0 bridgehead atoms. The van der Waals surface area contributed by atoms with E-state index in [1.165, 1.54) is 10.1 Å². The van der Waals surface area contributed by atoms with Crippen LogP contribution in [0.15, 0.2) is 165 Å². The SMILES string of the molecule is c1ccc2c(c1)sc1ncnc(-c3ccc(N(c4ccc(-c5ccc6cncnc6c5)cc4)c4ccc(-c5ccc6cncnc6c5)cc4)cc3)c12. The summed E-state index contributed by atoms with van der Waals surface area (Å²) in [5.41, 5.74) is 11.4. The Balaban J connectivity index is 1.04. The van der Waals surface area contributed by atoms with Crippen molar-refractivity contribution in [3.05, 3.63) is 165 Å². The van der Waals surface area contributed by atoms with Gasteiger partial charge in [0.25, 0.3) is 0 Å². The van der Waals surface area contributed by atoms with E-state index in [2.05, 4.69) is 163 Å². The molecule has 52 heavy (non-hydrogen) atoms. The van der Waals surface area contributed by atoms with E-state index in [0.29, 0.717) is 0 Å². The molecule has 6 aromatic carbocycles. The van der Waals surface area contributed by atoms with Gasteiger partial charge in [-0.1, -0.05) is 78.9 Å². The fourth-order valence-electron chi connectivity index (χ4n) is 6.90. The molecule has 0 aliphatic heterocycles. The number of anilines is 3. The fourth-order valence-corrected chi connectivity index (χ4v) is 7.95. The van der Waals surface area contributed by atoms with Crippen LogP contribution in [0, 0.1) is 0 Å². The Labute approximate surface area is 302 Å². The van der Waals surface area contributed by atoms with Crippen LogP contribution in [-0.2, 0) is 0 Å². The van der Waals surface area contributed by atoms with Crippen LogP contribution in [0.1, 0.15) is 0 Å². The maximum absolute atomic E-state index is 4.77. The minimum absolute atomic E-state index is 0.925. The van der Waals surface area contributed by atoms with Gasteiger partial charge in [-0.05, 0) is 76.9 Å². The van der Waals surface area contributed by atoms with Crippen molar-refractivity contribution in [2.45, 2.75) is 0 Å². The molecule has 244 valence electrons. The minimum Gasteiger partial charge on any atom is -0.311 e. The number of aromatic nitrogens is 6. The molecule has 8 heteroatoms. The van der Waals surface area contributed by atoms with Crippen molar-refractivity contribution in [2.24, 2.45) is 0 Å². The first kappa shape index (κ1) is 30.0. The summed E-state index contributed by atoms with van der Waals surface area (Å²) in [6.45, 7) is 0. The van der Waals surface area contributed by atoms with Crippen LogP contribution in [0.5, 0.6) is 0 Å². The van der Waals surface area contributed by atoms with Crippen molar-refractivity contribution in [1.82, 2.24) is 29.9 Å². The highest BCUT2D eigenvalue weighted by Crippen LogP contribution is 2.40. The van der Waals surface area contributed by atoms with Gasteiger partial charge in [0.2, 0.25) is 0 Å². The molecular formula is C44H27N7S. The maximum atomic E-state index is 4.77. The Bertz CT molecular complexity index is 2780. The summed E-state index contributed by atoms with van der Waals surface area (Å²) in [7, 11) is 0. The van der Waals surface area contributed by atoms with Gasteiger partial charge in [-0.3, -0.25) is 0 Å². The zero-order chi connectivity index (χ0) is 34.4. The molecule has 7 nitrogen and oxygen atoms in total. The lowest BCUT2D eigenvalue weighted by Gasteiger charge is -2.26. The second-order valence-electron chi connectivity index (χ2n) is 12.6. The second kappa shape index (κ2) is 12.5. The largest absolute Gasteiger partial charge is 0.311 e. The van der Waals surface area contributed by atoms with Gasteiger partial charge >= 0.3 is 0 Å². The monoisotopic (exact) mass is 685 g/mol. The summed E-state index contributed by atoms with van der Waals surface area (Å²) >= 11 is 1.70. The number of nitrogens with zero attached hydrogens (tertiary/aromatic N) is 7. The summed E-state index contributed by atoms with van der Waals surface area (Å²) in [5.74, 6) is 0. The number of benzene rings is 6.